The van der Waals surface area contributed by atoms with Crippen LogP contribution in [0.1, 0.15) is 28.8 Å². The molecule has 0 radical (unpaired) electrons. The second-order valence-electron chi connectivity index (χ2n) is 5.36. The summed E-state index contributed by atoms with van der Waals surface area (Å²) in [6.07, 6.45) is 1.66. The zero-order chi connectivity index (χ0) is 14.5. The molecule has 0 aromatic heterocycles. The smallest absolute Gasteiger partial charge is 0.251 e. The lowest BCUT2D eigenvalue weighted by molar-refractivity contribution is 0.0320. The summed E-state index contributed by atoms with van der Waals surface area (Å²) in [5.41, 5.74) is 0.942. The Bertz CT molecular complexity index is 454. The second kappa shape index (κ2) is 6.81. The van der Waals surface area contributed by atoms with Gasteiger partial charge in [0.2, 0.25) is 0 Å². The maximum absolute atomic E-state index is 13.2. The van der Waals surface area contributed by atoms with Crippen molar-refractivity contribution in [2.24, 2.45) is 5.92 Å². The summed E-state index contributed by atoms with van der Waals surface area (Å²) < 4.78 is 18.5. The number of aryl methyl sites for hydroxylation is 1. The maximum atomic E-state index is 13.2. The molecule has 110 valence electrons. The minimum Gasteiger partial charge on any atom is -0.389 e. The molecule has 0 spiro atoms. The maximum Gasteiger partial charge on any atom is 0.251 e. The van der Waals surface area contributed by atoms with E-state index in [9.17, 15) is 14.3 Å². The Balaban J connectivity index is 1.72. The Morgan fingerprint density at radius 3 is 2.90 bits per heavy atom. The molecule has 5 heteroatoms. The molecule has 1 atom stereocenters. The predicted molar refractivity (Wildman–Crippen MR) is 73.0 cm³/mol. The number of hydrogen-bond acceptors (Lipinski definition) is 3. The number of carbonyl (C=O) groups excluding carboxylic acids is 1. The van der Waals surface area contributed by atoms with E-state index in [4.69, 9.17) is 4.74 Å². The Morgan fingerprint density at radius 2 is 2.25 bits per heavy atom. The van der Waals surface area contributed by atoms with Gasteiger partial charge < -0.3 is 15.2 Å². The topological polar surface area (TPSA) is 58.6 Å². The average molecular weight is 281 g/mol. The van der Waals surface area contributed by atoms with Crippen LogP contribution in [0.15, 0.2) is 18.2 Å². The molecule has 1 fully saturated rings. The van der Waals surface area contributed by atoms with Crippen molar-refractivity contribution in [1.82, 2.24) is 5.32 Å². The first kappa shape index (κ1) is 14.9. The van der Waals surface area contributed by atoms with Crippen LogP contribution in [0.3, 0.4) is 0 Å². The number of rotatable bonds is 7. The van der Waals surface area contributed by atoms with E-state index in [0.717, 1.165) is 0 Å². The fourth-order valence-electron chi connectivity index (χ4n) is 1.89. The first-order valence-corrected chi connectivity index (χ1v) is 6.86. The number of benzene rings is 1. The number of hydrogen-bond donors (Lipinski definition) is 2. The van der Waals surface area contributed by atoms with Crippen molar-refractivity contribution in [2.45, 2.75) is 25.9 Å². The van der Waals surface area contributed by atoms with Crippen LogP contribution < -0.4 is 5.32 Å². The Kier molecular flexibility index (Phi) is 5.09. The third kappa shape index (κ3) is 4.90. The third-order valence-electron chi connectivity index (χ3n) is 3.16. The van der Waals surface area contributed by atoms with Crippen molar-refractivity contribution in [2.75, 3.05) is 19.8 Å². The zero-order valence-corrected chi connectivity index (χ0v) is 11.6. The van der Waals surface area contributed by atoms with Crippen molar-refractivity contribution in [3.8, 4) is 0 Å². The summed E-state index contributed by atoms with van der Waals surface area (Å²) in [4.78, 5) is 11.8. The molecular weight excluding hydrogens is 261 g/mol. The van der Waals surface area contributed by atoms with Gasteiger partial charge in [-0.1, -0.05) is 0 Å². The van der Waals surface area contributed by atoms with Gasteiger partial charge >= 0.3 is 0 Å². The molecule has 0 aliphatic heterocycles. The largest absolute Gasteiger partial charge is 0.389 e. The third-order valence-corrected chi connectivity index (χ3v) is 3.16. The van der Waals surface area contributed by atoms with Gasteiger partial charge in [0.25, 0.3) is 5.91 Å². The van der Waals surface area contributed by atoms with Gasteiger partial charge in [0.05, 0.1) is 12.7 Å². The number of aliphatic hydroxyl groups excluding tert-OH is 1. The highest BCUT2D eigenvalue weighted by atomic mass is 19.1. The summed E-state index contributed by atoms with van der Waals surface area (Å²) in [6.45, 7) is 2.70. The number of halogens is 1. The monoisotopic (exact) mass is 281 g/mol. The minimum absolute atomic E-state index is 0.0963. The fraction of sp³-hybridized carbons (Fsp3) is 0.533. The van der Waals surface area contributed by atoms with Gasteiger partial charge in [0.1, 0.15) is 5.82 Å². The van der Waals surface area contributed by atoms with Crippen LogP contribution in [0.5, 0.6) is 0 Å². The number of amides is 1. The number of carbonyl (C=O) groups is 1. The van der Waals surface area contributed by atoms with Gasteiger partial charge in [-0.2, -0.15) is 0 Å². The highest BCUT2D eigenvalue weighted by Crippen LogP contribution is 2.28. The molecule has 1 amide bonds. The van der Waals surface area contributed by atoms with Crippen LogP contribution in [-0.2, 0) is 4.74 Å². The lowest BCUT2D eigenvalue weighted by Gasteiger charge is -2.12. The van der Waals surface area contributed by atoms with E-state index < -0.39 is 17.8 Å². The molecule has 4 nitrogen and oxygen atoms in total. The van der Waals surface area contributed by atoms with E-state index in [1.54, 1.807) is 13.0 Å². The van der Waals surface area contributed by atoms with Crippen molar-refractivity contribution in [3.05, 3.63) is 35.1 Å². The van der Waals surface area contributed by atoms with E-state index in [2.05, 4.69) is 5.32 Å². The molecule has 1 aromatic rings. The molecule has 0 saturated heterocycles. The van der Waals surface area contributed by atoms with E-state index in [0.29, 0.717) is 18.1 Å². The number of aliphatic hydroxyl groups is 1. The lowest BCUT2D eigenvalue weighted by Crippen LogP contribution is -2.34. The van der Waals surface area contributed by atoms with Crippen LogP contribution in [0, 0.1) is 18.7 Å². The highest BCUT2D eigenvalue weighted by Gasteiger charge is 2.21. The molecule has 1 aliphatic carbocycles. The summed E-state index contributed by atoms with van der Waals surface area (Å²) >= 11 is 0. The van der Waals surface area contributed by atoms with Crippen molar-refractivity contribution < 1.29 is 19.0 Å². The number of ether oxygens (including phenoxy) is 1. The molecule has 2 N–H and O–H groups in total. The van der Waals surface area contributed by atoms with Crippen LogP contribution >= 0.6 is 0 Å². The Labute approximate surface area is 117 Å². The quantitative estimate of drug-likeness (QED) is 0.799. The van der Waals surface area contributed by atoms with Gasteiger partial charge in [-0.25, -0.2) is 4.39 Å². The standard InChI is InChI=1S/C15H20FNO3/c1-10-4-12(6-13(16)5-10)15(19)17-7-14(18)9-20-8-11-2-3-11/h4-6,11,14,18H,2-3,7-9H2,1H3,(H,17,19). The zero-order valence-electron chi connectivity index (χ0n) is 11.6. The molecule has 1 unspecified atom stereocenters. The second-order valence-corrected chi connectivity index (χ2v) is 5.36. The van der Waals surface area contributed by atoms with Crippen molar-refractivity contribution in [1.29, 1.82) is 0 Å². The summed E-state index contributed by atoms with van der Waals surface area (Å²) in [7, 11) is 0. The van der Waals surface area contributed by atoms with Crippen LogP contribution in [0.4, 0.5) is 4.39 Å². The molecule has 1 aliphatic rings. The molecule has 1 saturated carbocycles. The summed E-state index contributed by atoms with van der Waals surface area (Å²) in [5.74, 6) is -0.190. The van der Waals surface area contributed by atoms with Crippen molar-refractivity contribution >= 4 is 5.91 Å². The van der Waals surface area contributed by atoms with Gasteiger partial charge in [0.15, 0.2) is 0 Å². The number of nitrogens with one attached hydrogen (secondary N) is 1. The van der Waals surface area contributed by atoms with E-state index in [1.807, 2.05) is 0 Å². The first-order valence-electron chi connectivity index (χ1n) is 6.86. The normalized spacial score (nSPS) is 15.9. The molecule has 0 bridgehead atoms. The van der Waals surface area contributed by atoms with E-state index in [1.165, 1.54) is 25.0 Å². The SMILES string of the molecule is Cc1cc(F)cc(C(=O)NCC(O)COCC2CC2)c1. The molecule has 20 heavy (non-hydrogen) atoms. The predicted octanol–water partition coefficient (Wildman–Crippen LogP) is 1.65. The highest BCUT2D eigenvalue weighted by molar-refractivity contribution is 5.94. The summed E-state index contributed by atoms with van der Waals surface area (Å²) in [5, 5.41) is 12.2. The molecular formula is C15H20FNO3. The van der Waals surface area contributed by atoms with Gasteiger partial charge in [0, 0.05) is 18.7 Å². The molecule has 2 rings (SSSR count). The first-order chi connectivity index (χ1) is 9.54. The molecule has 0 heterocycles. The minimum atomic E-state index is -0.743. The average Bonchev–Trinajstić information content (AvgIpc) is 3.19. The van der Waals surface area contributed by atoms with Crippen molar-refractivity contribution in [3.63, 3.8) is 0 Å². The van der Waals surface area contributed by atoms with Gasteiger partial charge in [-0.05, 0) is 49.4 Å². The van der Waals surface area contributed by atoms with Gasteiger partial charge in [-0.15, -0.1) is 0 Å². The Hall–Kier alpha value is -1.46. The summed E-state index contributed by atoms with van der Waals surface area (Å²) in [6, 6.07) is 4.14. The molecule has 1 aromatic carbocycles. The van der Waals surface area contributed by atoms with E-state index in [-0.39, 0.29) is 18.7 Å². The van der Waals surface area contributed by atoms with E-state index >= 15 is 0 Å². The van der Waals surface area contributed by atoms with Crippen LogP contribution in [-0.4, -0.2) is 36.9 Å². The van der Waals surface area contributed by atoms with Crippen LogP contribution in [0.2, 0.25) is 0 Å². The Morgan fingerprint density at radius 1 is 1.50 bits per heavy atom. The lowest BCUT2D eigenvalue weighted by atomic mass is 10.1. The fourth-order valence-corrected chi connectivity index (χ4v) is 1.89. The van der Waals surface area contributed by atoms with Gasteiger partial charge in [-0.3, -0.25) is 4.79 Å². The van der Waals surface area contributed by atoms with Crippen LogP contribution in [0.25, 0.3) is 0 Å².